The highest BCUT2D eigenvalue weighted by Crippen LogP contribution is 2.12. The summed E-state index contributed by atoms with van der Waals surface area (Å²) in [6.07, 6.45) is 1.63. The summed E-state index contributed by atoms with van der Waals surface area (Å²) in [5.74, 6) is 0.568. The zero-order valence-corrected chi connectivity index (χ0v) is 9.03. The summed E-state index contributed by atoms with van der Waals surface area (Å²) < 4.78 is 0. The lowest BCUT2D eigenvalue weighted by molar-refractivity contribution is -0.127. The number of nitrogens with two attached hydrogens (primary N) is 1. The van der Waals surface area contributed by atoms with Crippen molar-refractivity contribution in [2.45, 2.75) is 6.92 Å². The van der Waals surface area contributed by atoms with E-state index in [1.165, 1.54) is 0 Å². The van der Waals surface area contributed by atoms with Gasteiger partial charge in [0.1, 0.15) is 5.82 Å². The van der Waals surface area contributed by atoms with Gasteiger partial charge in [0.05, 0.1) is 12.2 Å². The molecule has 1 aromatic heterocycles. The van der Waals surface area contributed by atoms with E-state index in [2.05, 4.69) is 10.3 Å². The van der Waals surface area contributed by atoms with Gasteiger partial charge in [-0.15, -0.1) is 0 Å². The van der Waals surface area contributed by atoms with E-state index in [4.69, 9.17) is 5.73 Å². The second kappa shape index (κ2) is 5.19. The third-order valence-electron chi connectivity index (χ3n) is 2.15. The highest BCUT2D eigenvalue weighted by molar-refractivity contribution is 5.81. The van der Waals surface area contributed by atoms with E-state index in [0.717, 1.165) is 0 Å². The third-order valence-corrected chi connectivity index (χ3v) is 2.15. The Balaban J connectivity index is 2.51. The lowest BCUT2D eigenvalue weighted by Crippen LogP contribution is -2.32. The van der Waals surface area contributed by atoms with Crippen molar-refractivity contribution in [2.75, 3.05) is 31.2 Å². The molecule has 1 aromatic rings. The molecule has 1 amide bonds. The summed E-state index contributed by atoms with van der Waals surface area (Å²) >= 11 is 0. The maximum absolute atomic E-state index is 11.5. The fourth-order valence-corrected chi connectivity index (χ4v) is 1.04. The number of carbonyl (C=O) groups is 1. The fraction of sp³-hybridized carbons (Fsp3) is 0.400. The molecule has 15 heavy (non-hydrogen) atoms. The van der Waals surface area contributed by atoms with Gasteiger partial charge in [0, 0.05) is 19.8 Å². The van der Waals surface area contributed by atoms with Gasteiger partial charge in [-0.2, -0.15) is 0 Å². The number of amides is 1. The first-order chi connectivity index (χ1) is 7.15. The molecular formula is C10H16N4O. The van der Waals surface area contributed by atoms with E-state index >= 15 is 0 Å². The van der Waals surface area contributed by atoms with Gasteiger partial charge < -0.3 is 16.0 Å². The number of aromatic nitrogens is 1. The van der Waals surface area contributed by atoms with Crippen molar-refractivity contribution < 1.29 is 4.79 Å². The number of hydrogen-bond donors (Lipinski definition) is 2. The number of hydrogen-bond acceptors (Lipinski definition) is 4. The number of likely N-dealkylation sites (N-methyl/N-ethyl adjacent to an activating group) is 1. The van der Waals surface area contributed by atoms with Crippen LogP contribution >= 0.6 is 0 Å². The molecule has 0 radical (unpaired) electrons. The highest BCUT2D eigenvalue weighted by atomic mass is 16.2. The number of pyridine rings is 1. The molecule has 1 heterocycles. The Hall–Kier alpha value is -1.78. The molecule has 1 rings (SSSR count). The van der Waals surface area contributed by atoms with Gasteiger partial charge in [0.25, 0.3) is 0 Å². The van der Waals surface area contributed by atoms with Crippen molar-refractivity contribution in [2.24, 2.45) is 0 Å². The van der Waals surface area contributed by atoms with Crippen LogP contribution in [0.5, 0.6) is 0 Å². The minimum Gasteiger partial charge on any atom is -0.396 e. The zero-order valence-electron chi connectivity index (χ0n) is 9.03. The van der Waals surface area contributed by atoms with Crippen LogP contribution in [0.4, 0.5) is 11.5 Å². The monoisotopic (exact) mass is 208 g/mol. The Kier molecular flexibility index (Phi) is 3.91. The Morgan fingerprint density at radius 1 is 1.67 bits per heavy atom. The lowest BCUT2D eigenvalue weighted by atomic mass is 10.4. The number of nitrogens with one attached hydrogen (secondary N) is 1. The number of anilines is 2. The number of rotatable bonds is 4. The first-order valence-corrected chi connectivity index (χ1v) is 4.83. The number of nitrogen functional groups attached to an aromatic ring is 1. The Morgan fingerprint density at radius 3 is 3.00 bits per heavy atom. The molecule has 3 N–H and O–H groups in total. The molecule has 0 unspecified atom stereocenters. The van der Waals surface area contributed by atoms with Gasteiger partial charge in [0.15, 0.2) is 0 Å². The normalized spacial score (nSPS) is 9.73. The number of nitrogens with zero attached hydrogens (tertiary/aromatic N) is 2. The second-order valence-electron chi connectivity index (χ2n) is 3.20. The van der Waals surface area contributed by atoms with Crippen molar-refractivity contribution in [1.82, 2.24) is 9.88 Å². The largest absolute Gasteiger partial charge is 0.396 e. The molecule has 0 aliphatic carbocycles. The molecule has 0 spiro atoms. The van der Waals surface area contributed by atoms with Crippen LogP contribution < -0.4 is 11.1 Å². The van der Waals surface area contributed by atoms with Crippen LogP contribution in [0.15, 0.2) is 18.3 Å². The molecule has 0 bridgehead atoms. The minimum atomic E-state index is 0.0163. The summed E-state index contributed by atoms with van der Waals surface area (Å²) in [7, 11) is 1.76. The van der Waals surface area contributed by atoms with Crippen LogP contribution in [0.3, 0.4) is 0 Å². The van der Waals surface area contributed by atoms with Gasteiger partial charge in [-0.1, -0.05) is 0 Å². The van der Waals surface area contributed by atoms with Gasteiger partial charge in [-0.05, 0) is 19.1 Å². The molecule has 0 aromatic carbocycles. The van der Waals surface area contributed by atoms with Crippen molar-refractivity contribution >= 4 is 17.4 Å². The fourth-order valence-electron chi connectivity index (χ4n) is 1.04. The first-order valence-electron chi connectivity index (χ1n) is 4.83. The van der Waals surface area contributed by atoms with Crippen LogP contribution in [-0.2, 0) is 4.79 Å². The van der Waals surface area contributed by atoms with Crippen molar-refractivity contribution in [3.05, 3.63) is 18.3 Å². The Bertz CT molecular complexity index is 340. The van der Waals surface area contributed by atoms with Crippen molar-refractivity contribution in [3.63, 3.8) is 0 Å². The molecule has 0 fully saturated rings. The van der Waals surface area contributed by atoms with E-state index in [-0.39, 0.29) is 12.5 Å². The second-order valence-corrected chi connectivity index (χ2v) is 3.20. The zero-order chi connectivity index (χ0) is 11.3. The van der Waals surface area contributed by atoms with Gasteiger partial charge >= 0.3 is 0 Å². The minimum absolute atomic E-state index is 0.0163. The van der Waals surface area contributed by atoms with Gasteiger partial charge in [-0.3, -0.25) is 4.79 Å². The maximum Gasteiger partial charge on any atom is 0.241 e. The Morgan fingerprint density at radius 2 is 2.40 bits per heavy atom. The van der Waals surface area contributed by atoms with Crippen LogP contribution in [-0.4, -0.2) is 35.9 Å². The number of carbonyl (C=O) groups excluding carboxylic acids is 1. The van der Waals surface area contributed by atoms with E-state index < -0.39 is 0 Å². The molecule has 5 nitrogen and oxygen atoms in total. The summed E-state index contributed by atoms with van der Waals surface area (Å²) in [4.78, 5) is 17.1. The lowest BCUT2D eigenvalue weighted by Gasteiger charge is -2.15. The molecule has 0 atom stereocenters. The summed E-state index contributed by atoms with van der Waals surface area (Å²) in [6.45, 7) is 2.83. The molecule has 0 aliphatic heterocycles. The molecular weight excluding hydrogens is 192 g/mol. The van der Waals surface area contributed by atoms with E-state index in [1.54, 1.807) is 30.3 Å². The molecule has 0 aliphatic rings. The van der Waals surface area contributed by atoms with Crippen LogP contribution in [0.2, 0.25) is 0 Å². The van der Waals surface area contributed by atoms with Crippen molar-refractivity contribution in [1.29, 1.82) is 0 Å². The van der Waals surface area contributed by atoms with Crippen LogP contribution in [0.1, 0.15) is 6.92 Å². The summed E-state index contributed by atoms with van der Waals surface area (Å²) in [5.41, 5.74) is 6.21. The summed E-state index contributed by atoms with van der Waals surface area (Å²) in [5, 5.41) is 2.90. The van der Waals surface area contributed by atoms with Crippen LogP contribution in [0.25, 0.3) is 0 Å². The van der Waals surface area contributed by atoms with Crippen LogP contribution in [0, 0.1) is 0 Å². The third kappa shape index (κ3) is 3.12. The molecule has 82 valence electrons. The van der Waals surface area contributed by atoms with E-state index in [1.807, 2.05) is 6.92 Å². The van der Waals surface area contributed by atoms with Gasteiger partial charge in [0.2, 0.25) is 5.91 Å². The maximum atomic E-state index is 11.5. The average Bonchev–Trinajstić information content (AvgIpc) is 2.26. The topological polar surface area (TPSA) is 71.2 Å². The smallest absolute Gasteiger partial charge is 0.241 e. The van der Waals surface area contributed by atoms with E-state index in [9.17, 15) is 4.79 Å². The molecule has 0 saturated heterocycles. The molecule has 0 saturated carbocycles. The average molecular weight is 208 g/mol. The predicted molar refractivity (Wildman–Crippen MR) is 60.5 cm³/mol. The highest BCUT2D eigenvalue weighted by Gasteiger charge is 2.06. The molecule has 5 heteroatoms. The van der Waals surface area contributed by atoms with Crippen molar-refractivity contribution in [3.8, 4) is 0 Å². The quantitative estimate of drug-likeness (QED) is 0.758. The first kappa shape index (κ1) is 11.3. The van der Waals surface area contributed by atoms with E-state index in [0.29, 0.717) is 18.1 Å². The standard InChI is InChI=1S/C10H16N4O/c1-3-14(2)9(15)7-13-10-8(11)5-4-6-12-10/h4-6H,3,7,11H2,1-2H3,(H,12,13). The Labute approximate surface area is 89.3 Å². The van der Waals surface area contributed by atoms with Gasteiger partial charge in [-0.25, -0.2) is 4.98 Å². The SMILES string of the molecule is CCN(C)C(=O)CNc1ncccc1N. The predicted octanol–water partition coefficient (Wildman–Crippen LogP) is 0.554. The summed E-state index contributed by atoms with van der Waals surface area (Å²) in [6, 6.07) is 3.49.